The molecule has 22 heavy (non-hydrogen) atoms. The number of piperazine rings is 1. The molecule has 1 aliphatic rings. The summed E-state index contributed by atoms with van der Waals surface area (Å²) in [7, 11) is 0. The molecule has 0 unspecified atom stereocenters. The summed E-state index contributed by atoms with van der Waals surface area (Å²) in [5.41, 5.74) is 2.13. The topological polar surface area (TPSA) is 52.2 Å². The number of amides is 1. The summed E-state index contributed by atoms with van der Waals surface area (Å²) in [5, 5.41) is 0.746. The van der Waals surface area contributed by atoms with Crippen LogP contribution in [0.25, 0.3) is 0 Å². The van der Waals surface area contributed by atoms with Crippen LogP contribution >= 0.6 is 11.6 Å². The molecule has 1 N–H and O–H groups in total. The molecule has 2 aromatic rings. The highest BCUT2D eigenvalue weighted by atomic mass is 35.5. The predicted octanol–water partition coefficient (Wildman–Crippen LogP) is 2.34. The van der Waals surface area contributed by atoms with E-state index in [1.54, 1.807) is 12.5 Å². The second-order valence-corrected chi connectivity index (χ2v) is 5.86. The van der Waals surface area contributed by atoms with Crippen LogP contribution in [0.2, 0.25) is 5.02 Å². The molecule has 116 valence electrons. The maximum atomic E-state index is 12.2. The minimum Gasteiger partial charge on any atom is -0.368 e. The van der Waals surface area contributed by atoms with Crippen LogP contribution in [0.15, 0.2) is 36.8 Å². The molecule has 0 radical (unpaired) electrons. The Hall–Kier alpha value is -2.01. The van der Waals surface area contributed by atoms with Gasteiger partial charge in [-0.2, -0.15) is 0 Å². The molecule has 0 bridgehead atoms. The van der Waals surface area contributed by atoms with Crippen molar-refractivity contribution in [1.82, 2.24) is 14.9 Å². The van der Waals surface area contributed by atoms with Crippen LogP contribution in [0.5, 0.6) is 0 Å². The van der Waals surface area contributed by atoms with E-state index in [2.05, 4.69) is 20.9 Å². The molecule has 2 heterocycles. The maximum absolute atomic E-state index is 12.2. The lowest BCUT2D eigenvalue weighted by Gasteiger charge is -2.36. The lowest BCUT2D eigenvalue weighted by atomic mass is 10.2. The van der Waals surface area contributed by atoms with Gasteiger partial charge in [0.15, 0.2) is 0 Å². The lowest BCUT2D eigenvalue weighted by Crippen LogP contribution is -2.48. The van der Waals surface area contributed by atoms with E-state index in [9.17, 15) is 4.79 Å². The zero-order valence-electron chi connectivity index (χ0n) is 12.3. The Balaban J connectivity index is 1.49. The van der Waals surface area contributed by atoms with Crippen LogP contribution in [0, 0.1) is 0 Å². The zero-order valence-corrected chi connectivity index (χ0v) is 13.1. The maximum Gasteiger partial charge on any atom is 0.223 e. The highest BCUT2D eigenvalue weighted by Crippen LogP contribution is 2.21. The van der Waals surface area contributed by atoms with Crippen molar-refractivity contribution < 1.29 is 4.79 Å². The van der Waals surface area contributed by atoms with E-state index < -0.39 is 0 Å². The molecule has 6 heteroatoms. The molecule has 1 aliphatic heterocycles. The van der Waals surface area contributed by atoms with E-state index in [4.69, 9.17) is 11.6 Å². The molecule has 0 aliphatic carbocycles. The quantitative estimate of drug-likeness (QED) is 0.941. The fourth-order valence-corrected chi connectivity index (χ4v) is 2.89. The molecule has 1 amide bonds. The van der Waals surface area contributed by atoms with Crippen molar-refractivity contribution in [2.75, 3.05) is 31.1 Å². The Morgan fingerprint density at radius 2 is 2.09 bits per heavy atom. The van der Waals surface area contributed by atoms with Crippen LogP contribution in [0.3, 0.4) is 0 Å². The first kappa shape index (κ1) is 14.9. The normalized spacial score (nSPS) is 15.1. The number of aromatic nitrogens is 2. The highest BCUT2D eigenvalue weighted by Gasteiger charge is 2.21. The van der Waals surface area contributed by atoms with Crippen molar-refractivity contribution >= 4 is 23.2 Å². The molecular weight excluding hydrogens is 300 g/mol. The van der Waals surface area contributed by atoms with Gasteiger partial charge in [0.05, 0.1) is 6.33 Å². The summed E-state index contributed by atoms with van der Waals surface area (Å²) < 4.78 is 0. The third kappa shape index (κ3) is 3.60. The number of aryl methyl sites for hydroxylation is 1. The standard InChI is InChI=1S/C16H19ClN4O/c17-13-2-1-3-15(10-13)20-6-8-21(9-7-20)16(22)5-4-14-11-18-12-19-14/h1-3,10-12H,4-9H2,(H,18,19). The summed E-state index contributed by atoms with van der Waals surface area (Å²) in [5.74, 6) is 0.209. The van der Waals surface area contributed by atoms with Crippen molar-refractivity contribution in [2.24, 2.45) is 0 Å². The van der Waals surface area contributed by atoms with Crippen LogP contribution in [0.1, 0.15) is 12.1 Å². The van der Waals surface area contributed by atoms with Gasteiger partial charge in [-0.25, -0.2) is 4.98 Å². The zero-order chi connectivity index (χ0) is 15.4. The van der Waals surface area contributed by atoms with E-state index in [1.807, 2.05) is 23.1 Å². The van der Waals surface area contributed by atoms with Gasteiger partial charge in [0, 0.05) is 55.2 Å². The van der Waals surface area contributed by atoms with Crippen LogP contribution in [0.4, 0.5) is 5.69 Å². The summed E-state index contributed by atoms with van der Waals surface area (Å²) in [6.07, 6.45) is 4.65. The van der Waals surface area contributed by atoms with Gasteiger partial charge in [-0.15, -0.1) is 0 Å². The summed E-state index contributed by atoms with van der Waals surface area (Å²) in [6.45, 7) is 3.20. The molecule has 0 saturated carbocycles. The largest absolute Gasteiger partial charge is 0.368 e. The van der Waals surface area contributed by atoms with E-state index in [0.717, 1.165) is 42.6 Å². The molecule has 5 nitrogen and oxygen atoms in total. The van der Waals surface area contributed by atoms with Gasteiger partial charge in [0.2, 0.25) is 5.91 Å². The number of anilines is 1. The van der Waals surface area contributed by atoms with Crippen molar-refractivity contribution in [2.45, 2.75) is 12.8 Å². The minimum atomic E-state index is 0.209. The Bertz CT molecular complexity index is 621. The Morgan fingerprint density at radius 1 is 1.27 bits per heavy atom. The first-order valence-corrected chi connectivity index (χ1v) is 7.86. The molecular formula is C16H19ClN4O. The second kappa shape index (κ2) is 6.83. The van der Waals surface area contributed by atoms with E-state index in [1.165, 1.54) is 0 Å². The number of rotatable bonds is 4. The summed E-state index contributed by atoms with van der Waals surface area (Å²) in [4.78, 5) is 23.4. The second-order valence-electron chi connectivity index (χ2n) is 5.42. The van der Waals surface area contributed by atoms with Crippen molar-refractivity contribution in [3.05, 3.63) is 47.5 Å². The number of carbonyl (C=O) groups is 1. The van der Waals surface area contributed by atoms with Crippen LogP contribution in [-0.2, 0) is 11.2 Å². The average molecular weight is 319 g/mol. The minimum absolute atomic E-state index is 0.209. The van der Waals surface area contributed by atoms with Crippen molar-refractivity contribution in [3.8, 4) is 0 Å². The number of halogens is 1. The average Bonchev–Trinajstić information content (AvgIpc) is 3.06. The van der Waals surface area contributed by atoms with E-state index in [-0.39, 0.29) is 5.91 Å². The third-order valence-electron chi connectivity index (χ3n) is 3.97. The lowest BCUT2D eigenvalue weighted by molar-refractivity contribution is -0.131. The number of aromatic amines is 1. The Labute approximate surface area is 134 Å². The summed E-state index contributed by atoms with van der Waals surface area (Å²) in [6, 6.07) is 7.86. The summed E-state index contributed by atoms with van der Waals surface area (Å²) >= 11 is 6.03. The van der Waals surface area contributed by atoms with E-state index in [0.29, 0.717) is 12.8 Å². The number of benzene rings is 1. The molecule has 0 atom stereocenters. The van der Waals surface area contributed by atoms with Crippen molar-refractivity contribution in [3.63, 3.8) is 0 Å². The predicted molar refractivity (Wildman–Crippen MR) is 87.2 cm³/mol. The Morgan fingerprint density at radius 3 is 2.77 bits per heavy atom. The molecule has 1 fully saturated rings. The Kier molecular flexibility index (Phi) is 4.63. The van der Waals surface area contributed by atoms with Gasteiger partial charge < -0.3 is 14.8 Å². The SMILES string of the molecule is O=C(CCc1cnc[nH]1)N1CCN(c2cccc(Cl)c2)CC1. The van der Waals surface area contributed by atoms with Crippen molar-refractivity contribution in [1.29, 1.82) is 0 Å². The fourth-order valence-electron chi connectivity index (χ4n) is 2.71. The molecule has 3 rings (SSSR count). The number of hydrogen-bond donors (Lipinski definition) is 1. The van der Waals surface area contributed by atoms with Gasteiger partial charge in [-0.1, -0.05) is 17.7 Å². The molecule has 1 aromatic carbocycles. The number of H-pyrrole nitrogens is 1. The number of imidazole rings is 1. The molecule has 1 aromatic heterocycles. The first-order chi connectivity index (χ1) is 10.7. The van der Waals surface area contributed by atoms with Gasteiger partial charge in [-0.3, -0.25) is 4.79 Å². The highest BCUT2D eigenvalue weighted by molar-refractivity contribution is 6.30. The number of nitrogens with zero attached hydrogens (tertiary/aromatic N) is 3. The molecule has 0 spiro atoms. The third-order valence-corrected chi connectivity index (χ3v) is 4.20. The fraction of sp³-hybridized carbons (Fsp3) is 0.375. The van der Waals surface area contributed by atoms with Gasteiger partial charge >= 0.3 is 0 Å². The van der Waals surface area contributed by atoms with Gasteiger partial charge in [0.25, 0.3) is 0 Å². The van der Waals surface area contributed by atoms with Gasteiger partial charge in [-0.05, 0) is 24.6 Å². The van der Waals surface area contributed by atoms with E-state index >= 15 is 0 Å². The first-order valence-electron chi connectivity index (χ1n) is 7.48. The number of carbonyl (C=O) groups excluding carboxylic acids is 1. The van der Waals surface area contributed by atoms with Crippen LogP contribution < -0.4 is 4.90 Å². The number of hydrogen-bond acceptors (Lipinski definition) is 3. The monoisotopic (exact) mass is 318 g/mol. The number of nitrogens with one attached hydrogen (secondary N) is 1. The van der Waals surface area contributed by atoms with Gasteiger partial charge in [0.1, 0.15) is 0 Å². The molecule has 1 saturated heterocycles. The smallest absolute Gasteiger partial charge is 0.223 e. The van der Waals surface area contributed by atoms with Crippen LogP contribution in [-0.4, -0.2) is 47.0 Å².